The van der Waals surface area contributed by atoms with Crippen molar-refractivity contribution in [2.24, 2.45) is 0 Å². The molecule has 1 heterocycles. The molecule has 0 aromatic heterocycles. The van der Waals surface area contributed by atoms with Crippen molar-refractivity contribution in [2.75, 3.05) is 6.54 Å². The Morgan fingerprint density at radius 3 is 2.56 bits per heavy atom. The van der Waals surface area contributed by atoms with E-state index in [9.17, 15) is 9.59 Å². The second-order valence-corrected chi connectivity index (χ2v) is 4.79. The first-order chi connectivity index (χ1) is 7.29. The summed E-state index contributed by atoms with van der Waals surface area (Å²) in [6.07, 6.45) is 0.649. The number of carbonyl (C=O) groups is 2. The lowest BCUT2D eigenvalue weighted by molar-refractivity contribution is -0.142. The van der Waals surface area contributed by atoms with Crippen molar-refractivity contribution in [3.8, 4) is 0 Å². The highest BCUT2D eigenvalue weighted by Gasteiger charge is 2.30. The van der Waals surface area contributed by atoms with Gasteiger partial charge in [-0.15, -0.1) is 0 Å². The third-order valence-corrected chi connectivity index (χ3v) is 2.10. The highest BCUT2D eigenvalue weighted by molar-refractivity contribution is 5.75. The quantitative estimate of drug-likeness (QED) is 0.702. The minimum absolute atomic E-state index is 0.471. The second kappa shape index (κ2) is 4.69. The number of carbonyl (C=O) groups excluding carboxylic acids is 1. The van der Waals surface area contributed by atoms with E-state index in [1.54, 1.807) is 20.8 Å². The highest BCUT2D eigenvalue weighted by atomic mass is 16.6. The van der Waals surface area contributed by atoms with Gasteiger partial charge < -0.3 is 9.84 Å². The zero-order chi connectivity index (χ0) is 12.3. The minimum Gasteiger partial charge on any atom is -0.480 e. The molecule has 0 unspecified atom stereocenters. The Kier molecular flexibility index (Phi) is 3.74. The Morgan fingerprint density at radius 1 is 1.44 bits per heavy atom. The fourth-order valence-electron chi connectivity index (χ4n) is 1.41. The summed E-state index contributed by atoms with van der Waals surface area (Å²) in [4.78, 5) is 22.4. The molecule has 1 amide bonds. The van der Waals surface area contributed by atoms with Gasteiger partial charge in [0.2, 0.25) is 0 Å². The molecule has 92 valence electrons. The van der Waals surface area contributed by atoms with Crippen LogP contribution in [0.5, 0.6) is 0 Å². The van der Waals surface area contributed by atoms with Crippen LogP contribution in [0, 0.1) is 0 Å². The third-order valence-electron chi connectivity index (χ3n) is 2.10. The summed E-state index contributed by atoms with van der Waals surface area (Å²) >= 11 is 0. The molecule has 1 aliphatic rings. The van der Waals surface area contributed by atoms with Crippen LogP contribution in [0.2, 0.25) is 0 Å². The van der Waals surface area contributed by atoms with Crippen molar-refractivity contribution >= 4 is 12.1 Å². The van der Waals surface area contributed by atoms with Gasteiger partial charge >= 0.3 is 12.1 Å². The van der Waals surface area contributed by atoms with Gasteiger partial charge in [-0.3, -0.25) is 4.79 Å². The van der Waals surface area contributed by atoms with Gasteiger partial charge in [0.15, 0.2) is 0 Å². The van der Waals surface area contributed by atoms with Crippen LogP contribution in [-0.2, 0) is 9.53 Å². The molecule has 6 heteroatoms. The first kappa shape index (κ1) is 12.8. The summed E-state index contributed by atoms with van der Waals surface area (Å²) < 4.78 is 5.14. The molecule has 0 saturated carbocycles. The molecule has 0 bridgehead atoms. The van der Waals surface area contributed by atoms with Crippen LogP contribution in [0.25, 0.3) is 0 Å². The molecule has 0 aromatic carbocycles. The summed E-state index contributed by atoms with van der Waals surface area (Å²) in [5.41, 5.74) is 2.06. The number of aliphatic carboxylic acids is 1. The Morgan fingerprint density at radius 2 is 2.06 bits per heavy atom. The molecule has 16 heavy (non-hydrogen) atoms. The number of amides is 1. The van der Waals surface area contributed by atoms with Gasteiger partial charge in [-0.2, -0.15) is 0 Å². The van der Waals surface area contributed by atoms with Crippen molar-refractivity contribution in [3.05, 3.63) is 0 Å². The van der Waals surface area contributed by atoms with Crippen molar-refractivity contribution in [1.29, 1.82) is 0 Å². The first-order valence-corrected chi connectivity index (χ1v) is 5.29. The third kappa shape index (κ3) is 3.69. The number of carboxylic acids is 1. The molecule has 6 nitrogen and oxygen atoms in total. The Bertz CT molecular complexity index is 285. The number of carboxylic acid groups (broad SMARTS) is 1. The smallest absolute Gasteiger partial charge is 0.424 e. The van der Waals surface area contributed by atoms with E-state index in [1.165, 1.54) is 5.01 Å². The molecule has 0 spiro atoms. The number of rotatable bonds is 1. The van der Waals surface area contributed by atoms with Gasteiger partial charge in [0, 0.05) is 6.54 Å². The Labute approximate surface area is 94.5 Å². The van der Waals surface area contributed by atoms with E-state index in [1.807, 2.05) is 0 Å². The van der Waals surface area contributed by atoms with Gasteiger partial charge in [-0.25, -0.2) is 15.2 Å². The zero-order valence-corrected chi connectivity index (χ0v) is 9.82. The van der Waals surface area contributed by atoms with Crippen LogP contribution in [0.3, 0.4) is 0 Å². The average Bonchev–Trinajstić information content (AvgIpc) is 2.15. The molecule has 0 aromatic rings. The second-order valence-electron chi connectivity index (χ2n) is 4.79. The van der Waals surface area contributed by atoms with Crippen LogP contribution in [0.15, 0.2) is 0 Å². The van der Waals surface area contributed by atoms with Crippen molar-refractivity contribution in [3.63, 3.8) is 0 Å². The van der Waals surface area contributed by atoms with E-state index in [2.05, 4.69) is 5.43 Å². The van der Waals surface area contributed by atoms with Crippen LogP contribution in [0.4, 0.5) is 4.79 Å². The number of hydrogen-bond donors (Lipinski definition) is 2. The minimum atomic E-state index is -0.951. The lowest BCUT2D eigenvalue weighted by atomic mass is 10.1. The molecule has 1 rings (SSSR count). The standard InChI is InChI=1S/C10H18N2O4/c1-10(2,3)16-9(15)12-6-4-5-7(11-12)8(13)14/h7,11H,4-6H2,1-3H3,(H,13,14)/t7-/m0/s1. The maximum Gasteiger partial charge on any atom is 0.424 e. The number of nitrogens with one attached hydrogen (secondary N) is 1. The molecule has 1 saturated heterocycles. The van der Waals surface area contributed by atoms with Crippen molar-refractivity contribution < 1.29 is 19.4 Å². The summed E-state index contributed by atoms with van der Waals surface area (Å²) in [5.74, 6) is -0.951. The number of hydrazine groups is 1. The highest BCUT2D eigenvalue weighted by Crippen LogP contribution is 2.13. The molecule has 0 aliphatic carbocycles. The maximum absolute atomic E-state index is 11.6. The van der Waals surface area contributed by atoms with E-state index in [4.69, 9.17) is 9.84 Å². The molecular weight excluding hydrogens is 212 g/mol. The molecule has 0 radical (unpaired) electrons. The Balaban J connectivity index is 2.54. The lowest BCUT2D eigenvalue weighted by Crippen LogP contribution is -2.55. The van der Waals surface area contributed by atoms with E-state index in [-0.39, 0.29) is 0 Å². The summed E-state index contributed by atoms with van der Waals surface area (Å²) in [7, 11) is 0. The van der Waals surface area contributed by atoms with E-state index >= 15 is 0 Å². The SMILES string of the molecule is CC(C)(C)OC(=O)N1CCC[C@@H](C(=O)O)N1. The Hall–Kier alpha value is -1.30. The van der Waals surface area contributed by atoms with Crippen LogP contribution < -0.4 is 5.43 Å². The largest absolute Gasteiger partial charge is 0.480 e. The van der Waals surface area contributed by atoms with Crippen molar-refractivity contribution in [1.82, 2.24) is 10.4 Å². The molecule has 1 fully saturated rings. The average molecular weight is 230 g/mol. The number of ether oxygens (including phenoxy) is 1. The number of nitrogens with zero attached hydrogens (tertiary/aromatic N) is 1. The van der Waals surface area contributed by atoms with E-state index < -0.39 is 23.7 Å². The molecule has 1 aliphatic heterocycles. The number of hydrogen-bond acceptors (Lipinski definition) is 4. The molecule has 2 N–H and O–H groups in total. The van der Waals surface area contributed by atoms with Crippen molar-refractivity contribution in [2.45, 2.75) is 45.3 Å². The summed E-state index contributed by atoms with van der Waals surface area (Å²) in [5, 5.41) is 10.1. The molecular formula is C10H18N2O4. The van der Waals surface area contributed by atoms with E-state index in [0.29, 0.717) is 19.4 Å². The fraction of sp³-hybridized carbons (Fsp3) is 0.800. The zero-order valence-electron chi connectivity index (χ0n) is 9.82. The maximum atomic E-state index is 11.6. The summed E-state index contributed by atoms with van der Waals surface area (Å²) in [6, 6.07) is -0.707. The van der Waals surface area contributed by atoms with Gasteiger partial charge in [-0.05, 0) is 33.6 Å². The van der Waals surface area contributed by atoms with Crippen LogP contribution in [0.1, 0.15) is 33.6 Å². The van der Waals surface area contributed by atoms with Crippen LogP contribution >= 0.6 is 0 Å². The topological polar surface area (TPSA) is 78.9 Å². The molecule has 1 atom stereocenters. The lowest BCUT2D eigenvalue weighted by Gasteiger charge is -2.33. The van der Waals surface area contributed by atoms with Gasteiger partial charge in [0.05, 0.1) is 0 Å². The van der Waals surface area contributed by atoms with Crippen LogP contribution in [-0.4, -0.2) is 40.4 Å². The van der Waals surface area contributed by atoms with Gasteiger partial charge in [0.25, 0.3) is 0 Å². The predicted molar refractivity (Wildman–Crippen MR) is 56.7 cm³/mol. The normalized spacial score (nSPS) is 21.7. The predicted octanol–water partition coefficient (Wildman–Crippen LogP) is 0.975. The summed E-state index contributed by atoms with van der Waals surface area (Å²) in [6.45, 7) is 5.77. The van der Waals surface area contributed by atoms with Gasteiger partial charge in [0.1, 0.15) is 11.6 Å². The monoisotopic (exact) mass is 230 g/mol. The van der Waals surface area contributed by atoms with E-state index in [0.717, 1.165) is 0 Å². The fourth-order valence-corrected chi connectivity index (χ4v) is 1.41. The first-order valence-electron chi connectivity index (χ1n) is 5.29. The van der Waals surface area contributed by atoms with Gasteiger partial charge in [-0.1, -0.05) is 0 Å².